The van der Waals surface area contributed by atoms with E-state index in [1.54, 1.807) is 0 Å². The van der Waals surface area contributed by atoms with E-state index in [-0.39, 0.29) is 12.2 Å². The number of aliphatic carboxylic acids is 1. The van der Waals surface area contributed by atoms with Crippen LogP contribution in [0.2, 0.25) is 0 Å². The number of benzene rings is 1. The molecule has 0 bridgehead atoms. The summed E-state index contributed by atoms with van der Waals surface area (Å²) in [7, 11) is 0. The third-order valence-corrected chi connectivity index (χ3v) is 7.48. The van der Waals surface area contributed by atoms with Gasteiger partial charge in [0.1, 0.15) is 11.9 Å². The van der Waals surface area contributed by atoms with E-state index in [4.69, 9.17) is 14.5 Å². The summed E-state index contributed by atoms with van der Waals surface area (Å²) in [5.41, 5.74) is 4.35. The van der Waals surface area contributed by atoms with E-state index in [2.05, 4.69) is 22.3 Å². The van der Waals surface area contributed by atoms with E-state index < -0.39 is 12.0 Å². The lowest BCUT2D eigenvalue weighted by Crippen LogP contribution is -2.34. The standard InChI is InChI=1S/C28H37N3O4/c32-28(33)26(24-10-2-1-9-23(24)25-11-6-18-35-25)31-16-14-22(19-31)34-17-4-3-8-21-13-12-20-7-5-15-29-27(20)30-21/h1-2,9-10,12-13,22,25-26H,3-8,11,14-19H2,(H,29,30)(H,32,33)/t22-,25?,26-/m1/s1. The Labute approximate surface area is 207 Å². The molecule has 2 aromatic rings. The maximum atomic E-state index is 12.4. The fraction of sp³-hybridized carbons (Fsp3) is 0.571. The number of carboxylic acid groups (broad SMARTS) is 1. The summed E-state index contributed by atoms with van der Waals surface area (Å²) in [6, 6.07) is 11.6. The highest BCUT2D eigenvalue weighted by atomic mass is 16.5. The van der Waals surface area contributed by atoms with Crippen molar-refractivity contribution in [2.45, 2.75) is 69.6 Å². The average Bonchev–Trinajstić information content (AvgIpc) is 3.57. The fourth-order valence-electron chi connectivity index (χ4n) is 5.65. The number of nitrogens with one attached hydrogen (secondary N) is 1. The molecular formula is C28H37N3O4. The van der Waals surface area contributed by atoms with Crippen molar-refractivity contribution >= 4 is 11.8 Å². The smallest absolute Gasteiger partial charge is 0.325 e. The largest absolute Gasteiger partial charge is 0.480 e. The molecule has 7 heteroatoms. The Morgan fingerprint density at radius 1 is 1.20 bits per heavy atom. The number of hydrogen-bond acceptors (Lipinski definition) is 6. The van der Waals surface area contributed by atoms with Gasteiger partial charge in [-0.25, -0.2) is 4.98 Å². The van der Waals surface area contributed by atoms with Gasteiger partial charge in [0, 0.05) is 38.5 Å². The Balaban J connectivity index is 1.10. The Hall–Kier alpha value is -2.48. The molecular weight excluding hydrogens is 442 g/mol. The second-order valence-electron chi connectivity index (χ2n) is 9.95. The second-order valence-corrected chi connectivity index (χ2v) is 9.95. The van der Waals surface area contributed by atoms with Gasteiger partial charge in [-0.1, -0.05) is 30.3 Å². The molecule has 188 valence electrons. The van der Waals surface area contributed by atoms with E-state index in [1.165, 1.54) is 12.0 Å². The van der Waals surface area contributed by atoms with Gasteiger partial charge in [-0.15, -0.1) is 0 Å². The summed E-state index contributed by atoms with van der Waals surface area (Å²) < 4.78 is 12.1. The van der Waals surface area contributed by atoms with E-state index in [0.717, 1.165) is 87.3 Å². The first-order valence-corrected chi connectivity index (χ1v) is 13.2. The van der Waals surface area contributed by atoms with Gasteiger partial charge in [-0.3, -0.25) is 9.69 Å². The third-order valence-electron chi connectivity index (χ3n) is 7.48. The summed E-state index contributed by atoms with van der Waals surface area (Å²) >= 11 is 0. The van der Waals surface area contributed by atoms with Crippen molar-refractivity contribution in [1.29, 1.82) is 0 Å². The lowest BCUT2D eigenvalue weighted by molar-refractivity contribution is -0.143. The van der Waals surface area contributed by atoms with Crippen LogP contribution in [0.1, 0.15) is 73.1 Å². The van der Waals surface area contributed by atoms with Gasteiger partial charge in [-0.05, 0) is 74.1 Å². The highest BCUT2D eigenvalue weighted by Crippen LogP contribution is 2.36. The molecule has 3 aliphatic heterocycles. The average molecular weight is 480 g/mol. The zero-order chi connectivity index (χ0) is 24.0. The molecule has 0 amide bonds. The van der Waals surface area contributed by atoms with Crippen LogP contribution >= 0.6 is 0 Å². The molecule has 2 fully saturated rings. The van der Waals surface area contributed by atoms with E-state index in [1.807, 2.05) is 24.3 Å². The highest BCUT2D eigenvalue weighted by molar-refractivity contribution is 5.76. The zero-order valence-electron chi connectivity index (χ0n) is 20.5. The van der Waals surface area contributed by atoms with Crippen molar-refractivity contribution < 1.29 is 19.4 Å². The number of unbranched alkanes of at least 4 members (excludes halogenated alkanes) is 1. The summed E-state index contributed by atoms with van der Waals surface area (Å²) in [4.78, 5) is 19.2. The summed E-state index contributed by atoms with van der Waals surface area (Å²) in [5.74, 6) is 0.258. The Kier molecular flexibility index (Phi) is 7.96. The number of aryl methyl sites for hydroxylation is 2. The Morgan fingerprint density at radius 2 is 2.11 bits per heavy atom. The van der Waals surface area contributed by atoms with Crippen LogP contribution in [0.15, 0.2) is 36.4 Å². The number of carboxylic acids is 1. The summed E-state index contributed by atoms with van der Waals surface area (Å²) in [6.07, 6.45) is 8.19. The number of rotatable bonds is 10. The van der Waals surface area contributed by atoms with E-state index >= 15 is 0 Å². The minimum Gasteiger partial charge on any atom is -0.480 e. The number of pyridine rings is 1. The molecule has 1 aromatic heterocycles. The molecule has 1 unspecified atom stereocenters. The summed E-state index contributed by atoms with van der Waals surface area (Å²) in [6.45, 7) is 3.84. The van der Waals surface area contributed by atoms with Crippen molar-refractivity contribution in [3.05, 3.63) is 58.8 Å². The molecule has 3 atom stereocenters. The van der Waals surface area contributed by atoms with Crippen molar-refractivity contribution in [2.24, 2.45) is 0 Å². The molecule has 2 N–H and O–H groups in total. The Morgan fingerprint density at radius 3 is 2.97 bits per heavy atom. The van der Waals surface area contributed by atoms with Gasteiger partial charge in [0.15, 0.2) is 0 Å². The van der Waals surface area contributed by atoms with Gasteiger partial charge >= 0.3 is 5.97 Å². The number of likely N-dealkylation sites (tertiary alicyclic amines) is 1. The monoisotopic (exact) mass is 479 g/mol. The quantitative estimate of drug-likeness (QED) is 0.484. The number of hydrogen-bond donors (Lipinski definition) is 2. The number of carbonyl (C=O) groups is 1. The molecule has 0 radical (unpaired) electrons. The minimum absolute atomic E-state index is 0.00286. The predicted molar refractivity (Wildman–Crippen MR) is 135 cm³/mol. The molecule has 2 saturated heterocycles. The molecule has 0 spiro atoms. The molecule has 1 aromatic carbocycles. The molecule has 0 saturated carbocycles. The number of ether oxygens (including phenoxy) is 2. The molecule has 3 aliphatic rings. The predicted octanol–water partition coefficient (Wildman–Crippen LogP) is 4.53. The van der Waals surface area contributed by atoms with Crippen LogP contribution in [0.3, 0.4) is 0 Å². The van der Waals surface area contributed by atoms with Crippen molar-refractivity contribution in [1.82, 2.24) is 9.88 Å². The van der Waals surface area contributed by atoms with Crippen LogP contribution in [0.4, 0.5) is 5.82 Å². The van der Waals surface area contributed by atoms with Crippen LogP contribution in [0, 0.1) is 0 Å². The number of nitrogens with zero attached hydrogens (tertiary/aromatic N) is 2. The number of aromatic nitrogens is 1. The Bertz CT molecular complexity index is 1010. The summed E-state index contributed by atoms with van der Waals surface area (Å²) in [5, 5.41) is 13.5. The lowest BCUT2D eigenvalue weighted by atomic mass is 9.94. The van der Waals surface area contributed by atoms with Crippen LogP contribution < -0.4 is 5.32 Å². The number of fused-ring (bicyclic) bond motifs is 1. The highest BCUT2D eigenvalue weighted by Gasteiger charge is 2.36. The van der Waals surface area contributed by atoms with Crippen molar-refractivity contribution in [3.8, 4) is 0 Å². The van der Waals surface area contributed by atoms with Crippen LogP contribution in [-0.2, 0) is 27.1 Å². The first-order chi connectivity index (χ1) is 17.2. The maximum Gasteiger partial charge on any atom is 0.325 e. The normalized spacial score (nSPS) is 23.1. The fourth-order valence-corrected chi connectivity index (χ4v) is 5.65. The first-order valence-electron chi connectivity index (χ1n) is 13.2. The van der Waals surface area contributed by atoms with Crippen molar-refractivity contribution in [2.75, 3.05) is 38.2 Å². The van der Waals surface area contributed by atoms with Gasteiger partial charge in [0.05, 0.1) is 12.2 Å². The first kappa shape index (κ1) is 24.2. The number of anilines is 1. The van der Waals surface area contributed by atoms with E-state index in [9.17, 15) is 9.90 Å². The van der Waals surface area contributed by atoms with Crippen LogP contribution in [-0.4, -0.2) is 59.9 Å². The van der Waals surface area contributed by atoms with Crippen molar-refractivity contribution in [3.63, 3.8) is 0 Å². The van der Waals surface area contributed by atoms with Gasteiger partial charge in [-0.2, -0.15) is 0 Å². The third kappa shape index (κ3) is 5.85. The van der Waals surface area contributed by atoms with Gasteiger partial charge in [0.2, 0.25) is 0 Å². The second kappa shape index (κ2) is 11.5. The molecule has 7 nitrogen and oxygen atoms in total. The minimum atomic E-state index is -0.803. The zero-order valence-corrected chi connectivity index (χ0v) is 20.5. The van der Waals surface area contributed by atoms with Gasteiger partial charge < -0.3 is 19.9 Å². The maximum absolute atomic E-state index is 12.4. The lowest BCUT2D eigenvalue weighted by Gasteiger charge is -2.27. The molecule has 5 rings (SSSR count). The SMILES string of the molecule is O=C(O)[C@@H](c1ccccc1C1CCCO1)N1CC[C@@H](OCCCCc2ccc3c(n2)NCCC3)C1. The topological polar surface area (TPSA) is 83.9 Å². The molecule has 35 heavy (non-hydrogen) atoms. The van der Waals surface area contributed by atoms with Crippen LogP contribution in [0.5, 0.6) is 0 Å². The van der Waals surface area contributed by atoms with E-state index in [0.29, 0.717) is 13.2 Å². The molecule has 4 heterocycles. The van der Waals surface area contributed by atoms with Crippen LogP contribution in [0.25, 0.3) is 0 Å². The molecule has 0 aliphatic carbocycles. The van der Waals surface area contributed by atoms with Gasteiger partial charge in [0.25, 0.3) is 0 Å².